The Bertz CT molecular complexity index is 493. The molecule has 0 fully saturated rings. The molecular weight excluding hydrogens is 318 g/mol. The minimum atomic E-state index is -3.53. The summed E-state index contributed by atoms with van der Waals surface area (Å²) >= 11 is 3.36. The van der Waals surface area contributed by atoms with Crippen LogP contribution in [0.5, 0.6) is 0 Å². The first kappa shape index (κ1) is 15.7. The van der Waals surface area contributed by atoms with E-state index >= 15 is 0 Å². The van der Waals surface area contributed by atoms with Gasteiger partial charge in [0.1, 0.15) is 4.90 Å². The molecule has 1 unspecified atom stereocenters. The van der Waals surface area contributed by atoms with Crippen LogP contribution in [0.4, 0.5) is 0 Å². The van der Waals surface area contributed by atoms with Gasteiger partial charge < -0.3 is 0 Å². The molecule has 0 aliphatic heterocycles. The van der Waals surface area contributed by atoms with Crippen LogP contribution >= 0.6 is 15.9 Å². The molecule has 0 aliphatic rings. The van der Waals surface area contributed by atoms with E-state index in [9.17, 15) is 8.42 Å². The average Bonchev–Trinajstić information content (AvgIpc) is 2.58. The largest absolute Gasteiger partial charge is 0.281 e. The number of aromatic amines is 1. The van der Waals surface area contributed by atoms with Crippen LogP contribution in [-0.2, 0) is 10.0 Å². The van der Waals surface area contributed by atoms with Gasteiger partial charge in [0.2, 0.25) is 10.0 Å². The summed E-state index contributed by atoms with van der Waals surface area (Å²) in [6.07, 6.45) is 1.46. The highest BCUT2D eigenvalue weighted by Gasteiger charge is 2.31. The summed E-state index contributed by atoms with van der Waals surface area (Å²) < 4.78 is 27.6. The van der Waals surface area contributed by atoms with Crippen LogP contribution < -0.4 is 4.72 Å². The molecule has 1 heterocycles. The smallest absolute Gasteiger partial charge is 0.244 e. The molecule has 1 aromatic rings. The van der Waals surface area contributed by atoms with E-state index in [1.807, 2.05) is 13.8 Å². The Hall–Kier alpha value is -0.400. The third-order valence-corrected chi connectivity index (χ3v) is 5.43. The second-order valence-electron chi connectivity index (χ2n) is 4.72. The molecule has 1 aromatic heterocycles. The quantitative estimate of drug-likeness (QED) is 0.782. The number of sulfonamides is 1. The van der Waals surface area contributed by atoms with E-state index in [2.05, 4.69) is 30.8 Å². The van der Waals surface area contributed by atoms with Crippen LogP contribution in [-0.4, -0.2) is 29.5 Å². The Morgan fingerprint density at radius 2 is 2.06 bits per heavy atom. The maximum absolute atomic E-state index is 12.4. The van der Waals surface area contributed by atoms with Crippen molar-refractivity contribution in [3.63, 3.8) is 0 Å². The van der Waals surface area contributed by atoms with Gasteiger partial charge in [0.05, 0.1) is 11.4 Å². The molecule has 0 bridgehead atoms. The van der Waals surface area contributed by atoms with Crippen molar-refractivity contribution in [3.8, 4) is 0 Å². The topological polar surface area (TPSA) is 74.8 Å². The van der Waals surface area contributed by atoms with Gasteiger partial charge in [-0.3, -0.25) is 5.10 Å². The molecule has 0 amide bonds. The molecule has 0 radical (unpaired) electrons. The first-order chi connectivity index (χ1) is 8.25. The van der Waals surface area contributed by atoms with Crippen LogP contribution in [0, 0.1) is 13.8 Å². The summed E-state index contributed by atoms with van der Waals surface area (Å²) in [7, 11) is -3.53. The van der Waals surface area contributed by atoms with E-state index in [1.54, 1.807) is 13.8 Å². The zero-order chi connectivity index (χ0) is 14.0. The normalized spacial score (nSPS) is 15.6. The van der Waals surface area contributed by atoms with Crippen molar-refractivity contribution in [1.82, 2.24) is 14.9 Å². The van der Waals surface area contributed by atoms with Gasteiger partial charge in [0.15, 0.2) is 0 Å². The number of hydrogen-bond donors (Lipinski definition) is 2. The Balaban J connectivity index is 3.09. The Morgan fingerprint density at radius 3 is 2.44 bits per heavy atom. The zero-order valence-corrected chi connectivity index (χ0v) is 13.6. The van der Waals surface area contributed by atoms with Gasteiger partial charge in [-0.05, 0) is 33.6 Å². The predicted molar refractivity (Wildman–Crippen MR) is 75.5 cm³/mol. The SMILES string of the molecule is CCC(C)(CCBr)NS(=O)(=O)c1c(C)n[nH]c1C. The molecule has 0 saturated carbocycles. The summed E-state index contributed by atoms with van der Waals surface area (Å²) in [6.45, 7) is 7.28. The highest BCUT2D eigenvalue weighted by Crippen LogP contribution is 2.23. The summed E-state index contributed by atoms with van der Waals surface area (Å²) in [6, 6.07) is 0. The molecule has 5 nitrogen and oxygen atoms in total. The molecule has 2 N–H and O–H groups in total. The van der Waals surface area contributed by atoms with Crippen molar-refractivity contribution in [2.24, 2.45) is 0 Å². The van der Waals surface area contributed by atoms with E-state index in [-0.39, 0.29) is 4.90 Å². The number of aromatic nitrogens is 2. The van der Waals surface area contributed by atoms with E-state index in [0.29, 0.717) is 11.4 Å². The third kappa shape index (κ3) is 3.33. The van der Waals surface area contributed by atoms with Crippen molar-refractivity contribution in [2.75, 3.05) is 5.33 Å². The highest BCUT2D eigenvalue weighted by molar-refractivity contribution is 9.09. The lowest BCUT2D eigenvalue weighted by Gasteiger charge is -2.28. The van der Waals surface area contributed by atoms with Gasteiger partial charge >= 0.3 is 0 Å². The van der Waals surface area contributed by atoms with E-state index in [1.165, 1.54) is 0 Å². The zero-order valence-electron chi connectivity index (χ0n) is 11.2. The van der Waals surface area contributed by atoms with Gasteiger partial charge in [-0.25, -0.2) is 13.1 Å². The number of alkyl halides is 1. The lowest BCUT2D eigenvalue weighted by molar-refractivity contribution is 0.392. The summed E-state index contributed by atoms with van der Waals surface area (Å²) in [5, 5.41) is 7.38. The molecule has 0 saturated heterocycles. The van der Waals surface area contributed by atoms with Gasteiger partial charge in [-0.15, -0.1) is 0 Å². The minimum Gasteiger partial charge on any atom is -0.281 e. The fraction of sp³-hybridized carbons (Fsp3) is 0.727. The van der Waals surface area contributed by atoms with Crippen LogP contribution in [0.15, 0.2) is 4.90 Å². The van der Waals surface area contributed by atoms with Gasteiger partial charge in [0, 0.05) is 10.9 Å². The van der Waals surface area contributed by atoms with Crippen molar-refractivity contribution >= 4 is 26.0 Å². The maximum atomic E-state index is 12.4. The number of halogens is 1. The summed E-state index contributed by atoms with van der Waals surface area (Å²) in [5.41, 5.74) is 0.618. The number of H-pyrrole nitrogens is 1. The summed E-state index contributed by atoms with van der Waals surface area (Å²) in [4.78, 5) is 0.261. The van der Waals surface area contributed by atoms with E-state index < -0.39 is 15.6 Å². The van der Waals surface area contributed by atoms with Crippen LogP contribution in [0.1, 0.15) is 38.1 Å². The maximum Gasteiger partial charge on any atom is 0.244 e. The van der Waals surface area contributed by atoms with Crippen molar-refractivity contribution < 1.29 is 8.42 Å². The lowest BCUT2D eigenvalue weighted by atomic mass is 9.98. The molecular formula is C11H20BrN3O2S. The first-order valence-corrected chi connectivity index (χ1v) is 8.47. The summed E-state index contributed by atoms with van der Waals surface area (Å²) in [5.74, 6) is 0. The van der Waals surface area contributed by atoms with Crippen LogP contribution in [0.3, 0.4) is 0 Å². The first-order valence-electron chi connectivity index (χ1n) is 5.87. The Morgan fingerprint density at radius 1 is 1.44 bits per heavy atom. The number of nitrogens with zero attached hydrogens (tertiary/aromatic N) is 1. The van der Waals surface area contributed by atoms with Gasteiger partial charge in [-0.1, -0.05) is 22.9 Å². The molecule has 0 aliphatic carbocycles. The second kappa shape index (κ2) is 5.71. The van der Waals surface area contributed by atoms with Crippen molar-refractivity contribution in [1.29, 1.82) is 0 Å². The third-order valence-electron chi connectivity index (χ3n) is 3.14. The fourth-order valence-corrected chi connectivity index (χ4v) is 4.58. The molecule has 0 aromatic carbocycles. The molecule has 1 atom stereocenters. The second-order valence-corrected chi connectivity index (χ2v) is 7.13. The Kier molecular flexibility index (Phi) is 4.97. The molecule has 104 valence electrons. The number of rotatable bonds is 6. The van der Waals surface area contributed by atoms with Crippen LogP contribution in [0.2, 0.25) is 0 Å². The van der Waals surface area contributed by atoms with E-state index in [4.69, 9.17) is 0 Å². The predicted octanol–water partition coefficient (Wildman–Crippen LogP) is 2.26. The Labute approximate surface area is 117 Å². The monoisotopic (exact) mass is 337 g/mol. The molecule has 1 rings (SSSR count). The van der Waals surface area contributed by atoms with E-state index in [0.717, 1.165) is 18.2 Å². The minimum absolute atomic E-state index is 0.261. The number of hydrogen-bond acceptors (Lipinski definition) is 3. The lowest BCUT2D eigenvalue weighted by Crippen LogP contribution is -2.45. The number of aryl methyl sites for hydroxylation is 2. The molecule has 0 spiro atoms. The average molecular weight is 338 g/mol. The van der Waals surface area contributed by atoms with Gasteiger partial charge in [-0.2, -0.15) is 5.10 Å². The molecule has 18 heavy (non-hydrogen) atoms. The number of nitrogens with one attached hydrogen (secondary N) is 2. The van der Waals surface area contributed by atoms with Crippen LogP contribution in [0.25, 0.3) is 0 Å². The standard InChI is InChI=1S/C11H20BrN3O2S/c1-5-11(4,6-7-12)15-18(16,17)10-8(2)13-14-9(10)3/h15H,5-7H2,1-4H3,(H,13,14). The highest BCUT2D eigenvalue weighted by atomic mass is 79.9. The van der Waals surface area contributed by atoms with Crippen molar-refractivity contribution in [3.05, 3.63) is 11.4 Å². The molecule has 7 heteroatoms. The fourth-order valence-electron chi connectivity index (χ4n) is 1.82. The van der Waals surface area contributed by atoms with Crippen molar-refractivity contribution in [2.45, 2.75) is 51.0 Å². The van der Waals surface area contributed by atoms with Gasteiger partial charge in [0.25, 0.3) is 0 Å².